The zero-order valence-corrected chi connectivity index (χ0v) is 16.8. The molecule has 0 fully saturated rings. The van der Waals surface area contributed by atoms with E-state index in [0.29, 0.717) is 23.6 Å². The van der Waals surface area contributed by atoms with Crippen molar-refractivity contribution in [2.24, 2.45) is 5.10 Å². The molecule has 0 bridgehead atoms. The Hall–Kier alpha value is -3.60. The molecule has 3 aromatic rings. The predicted molar refractivity (Wildman–Crippen MR) is 115 cm³/mol. The summed E-state index contributed by atoms with van der Waals surface area (Å²) in [5.41, 5.74) is 7.04. The minimum absolute atomic E-state index is 0.275. The Morgan fingerprint density at radius 1 is 0.897 bits per heavy atom. The number of carbonyl (C=O) groups is 1. The maximum atomic E-state index is 12.3. The zero-order chi connectivity index (χ0) is 20.6. The molecule has 3 aromatic carbocycles. The third kappa shape index (κ3) is 5.45. The number of nitrogens with zero attached hydrogens (tertiary/aromatic N) is 1. The van der Waals surface area contributed by atoms with E-state index in [1.165, 1.54) is 5.56 Å². The van der Waals surface area contributed by atoms with Crippen LogP contribution in [0.5, 0.6) is 11.5 Å². The molecular weight excluding hydrogens is 364 g/mol. The highest BCUT2D eigenvalue weighted by atomic mass is 16.5. The molecule has 0 saturated heterocycles. The Bertz CT molecular complexity index is 993. The van der Waals surface area contributed by atoms with Crippen molar-refractivity contribution in [3.8, 4) is 11.5 Å². The second kappa shape index (κ2) is 9.55. The second-order valence-electron chi connectivity index (χ2n) is 6.61. The molecule has 0 radical (unpaired) electrons. The van der Waals surface area contributed by atoms with Crippen LogP contribution in [0.3, 0.4) is 0 Å². The lowest BCUT2D eigenvalue weighted by Crippen LogP contribution is -2.19. The predicted octanol–water partition coefficient (Wildman–Crippen LogP) is 4.74. The number of nitrogens with one attached hydrogen (secondary N) is 1. The van der Waals surface area contributed by atoms with E-state index >= 15 is 0 Å². The Balaban J connectivity index is 1.57. The summed E-state index contributed by atoms with van der Waals surface area (Å²) in [7, 11) is 1.62. The van der Waals surface area contributed by atoms with Crippen molar-refractivity contribution in [2.75, 3.05) is 7.11 Å². The van der Waals surface area contributed by atoms with Crippen molar-refractivity contribution >= 4 is 11.6 Å². The first-order valence-electron chi connectivity index (χ1n) is 9.33. The van der Waals surface area contributed by atoms with Gasteiger partial charge in [0.25, 0.3) is 5.91 Å². The second-order valence-corrected chi connectivity index (χ2v) is 6.61. The van der Waals surface area contributed by atoms with E-state index in [0.717, 1.165) is 16.9 Å². The van der Waals surface area contributed by atoms with Crippen molar-refractivity contribution < 1.29 is 14.3 Å². The van der Waals surface area contributed by atoms with Crippen molar-refractivity contribution in [2.45, 2.75) is 20.5 Å². The summed E-state index contributed by atoms with van der Waals surface area (Å²) in [5, 5.41) is 4.18. The van der Waals surface area contributed by atoms with Crippen LogP contribution in [0.4, 0.5) is 0 Å². The number of hydrogen-bond acceptors (Lipinski definition) is 4. The fourth-order valence-corrected chi connectivity index (χ4v) is 2.73. The van der Waals surface area contributed by atoms with Gasteiger partial charge < -0.3 is 9.47 Å². The van der Waals surface area contributed by atoms with E-state index in [9.17, 15) is 4.79 Å². The Morgan fingerprint density at radius 2 is 1.52 bits per heavy atom. The summed E-state index contributed by atoms with van der Waals surface area (Å²) in [4.78, 5) is 12.3. The number of carbonyl (C=O) groups excluding carboxylic acids is 1. The molecule has 0 aromatic heterocycles. The van der Waals surface area contributed by atoms with Gasteiger partial charge in [-0.1, -0.05) is 24.3 Å². The van der Waals surface area contributed by atoms with E-state index < -0.39 is 0 Å². The molecule has 5 heteroatoms. The maximum absolute atomic E-state index is 12.3. The van der Waals surface area contributed by atoms with Gasteiger partial charge in [0.1, 0.15) is 18.1 Å². The number of ether oxygens (including phenoxy) is 2. The van der Waals surface area contributed by atoms with Gasteiger partial charge in [0.05, 0.1) is 12.8 Å². The number of benzene rings is 3. The fourth-order valence-electron chi connectivity index (χ4n) is 2.73. The minimum Gasteiger partial charge on any atom is -0.497 e. The van der Waals surface area contributed by atoms with Gasteiger partial charge in [-0.05, 0) is 79.1 Å². The van der Waals surface area contributed by atoms with Crippen LogP contribution < -0.4 is 14.9 Å². The summed E-state index contributed by atoms with van der Waals surface area (Å²) >= 11 is 0. The monoisotopic (exact) mass is 388 g/mol. The molecule has 5 nitrogen and oxygen atoms in total. The van der Waals surface area contributed by atoms with E-state index in [4.69, 9.17) is 9.47 Å². The number of methoxy groups -OCH3 is 1. The average molecular weight is 388 g/mol. The van der Waals surface area contributed by atoms with E-state index in [-0.39, 0.29) is 5.91 Å². The summed E-state index contributed by atoms with van der Waals surface area (Å²) < 4.78 is 11.0. The highest BCUT2D eigenvalue weighted by Crippen LogP contribution is 2.16. The summed E-state index contributed by atoms with van der Waals surface area (Å²) in [5.74, 6) is 1.21. The lowest BCUT2D eigenvalue weighted by Gasteiger charge is -2.09. The van der Waals surface area contributed by atoms with Crippen molar-refractivity contribution in [1.82, 2.24) is 5.43 Å². The van der Waals surface area contributed by atoms with Gasteiger partial charge in [0.2, 0.25) is 0 Å². The third-order valence-electron chi connectivity index (χ3n) is 4.61. The van der Waals surface area contributed by atoms with Crippen LogP contribution in [-0.2, 0) is 6.61 Å². The molecule has 1 N–H and O–H groups in total. The molecule has 0 aliphatic carbocycles. The Labute approximate surface area is 171 Å². The van der Waals surface area contributed by atoms with E-state index in [1.807, 2.05) is 49.4 Å². The van der Waals surface area contributed by atoms with Crippen LogP contribution in [-0.4, -0.2) is 18.7 Å². The molecule has 1 amide bonds. The first-order valence-corrected chi connectivity index (χ1v) is 9.33. The maximum Gasteiger partial charge on any atom is 0.271 e. The number of hydrogen-bond donors (Lipinski definition) is 1. The van der Waals surface area contributed by atoms with Gasteiger partial charge >= 0.3 is 0 Å². The van der Waals surface area contributed by atoms with Gasteiger partial charge in [0, 0.05) is 5.56 Å². The number of rotatable bonds is 7. The average Bonchev–Trinajstić information content (AvgIpc) is 2.77. The smallest absolute Gasteiger partial charge is 0.271 e. The topological polar surface area (TPSA) is 59.9 Å². The van der Waals surface area contributed by atoms with Gasteiger partial charge in [-0.25, -0.2) is 5.43 Å². The van der Waals surface area contributed by atoms with Crippen molar-refractivity contribution in [3.63, 3.8) is 0 Å². The van der Waals surface area contributed by atoms with Gasteiger partial charge in [-0.3, -0.25) is 4.79 Å². The summed E-state index contributed by atoms with van der Waals surface area (Å²) in [6.45, 7) is 4.38. The zero-order valence-electron chi connectivity index (χ0n) is 16.8. The Kier molecular flexibility index (Phi) is 6.63. The van der Waals surface area contributed by atoms with E-state index in [2.05, 4.69) is 23.5 Å². The highest BCUT2D eigenvalue weighted by molar-refractivity contribution is 6.00. The van der Waals surface area contributed by atoms with Crippen LogP contribution in [0, 0.1) is 6.92 Å². The SMILES string of the molecule is COc1ccc(C(C)=NNC(=O)c2ccc(OCc3ccccc3C)cc2)cc1. The quantitative estimate of drug-likeness (QED) is 0.470. The lowest BCUT2D eigenvalue weighted by atomic mass is 10.1. The molecule has 3 rings (SSSR count). The van der Waals surface area contributed by atoms with Crippen LogP contribution >= 0.6 is 0 Å². The number of aryl methyl sites for hydroxylation is 1. The Morgan fingerprint density at radius 3 is 2.17 bits per heavy atom. The van der Waals surface area contributed by atoms with Crippen LogP contribution in [0.1, 0.15) is 34.0 Å². The molecule has 0 saturated carbocycles. The first-order chi connectivity index (χ1) is 14.1. The molecule has 0 aliphatic rings. The van der Waals surface area contributed by atoms with Gasteiger partial charge in [0.15, 0.2) is 0 Å². The molecule has 0 unspecified atom stereocenters. The summed E-state index contributed by atoms with van der Waals surface area (Å²) in [6.07, 6.45) is 0. The largest absolute Gasteiger partial charge is 0.497 e. The highest BCUT2D eigenvalue weighted by Gasteiger charge is 2.06. The molecule has 148 valence electrons. The van der Waals surface area contributed by atoms with Gasteiger partial charge in [-0.15, -0.1) is 0 Å². The molecule has 0 spiro atoms. The molecule has 0 aliphatic heterocycles. The minimum atomic E-state index is -0.275. The van der Waals surface area contributed by atoms with Crippen molar-refractivity contribution in [1.29, 1.82) is 0 Å². The summed E-state index contributed by atoms with van der Waals surface area (Å²) in [6, 6.07) is 22.6. The van der Waals surface area contributed by atoms with E-state index in [1.54, 1.807) is 31.4 Å². The fraction of sp³-hybridized carbons (Fsp3) is 0.167. The first kappa shape index (κ1) is 20.1. The molecule has 0 atom stereocenters. The normalized spacial score (nSPS) is 11.1. The molecule has 0 heterocycles. The van der Waals surface area contributed by atoms with Gasteiger partial charge in [-0.2, -0.15) is 5.10 Å². The number of hydrazone groups is 1. The molecular formula is C24H24N2O3. The number of amides is 1. The lowest BCUT2D eigenvalue weighted by molar-refractivity contribution is 0.0955. The third-order valence-corrected chi connectivity index (χ3v) is 4.61. The van der Waals surface area contributed by atoms with Crippen molar-refractivity contribution in [3.05, 3.63) is 95.1 Å². The van der Waals surface area contributed by atoms with Crippen LogP contribution in [0.2, 0.25) is 0 Å². The van der Waals surface area contributed by atoms with Crippen LogP contribution in [0.15, 0.2) is 77.9 Å². The standard InChI is InChI=1S/C24H24N2O3/c1-17-6-4-5-7-21(17)16-29-23-14-10-20(11-15-23)24(27)26-25-18(2)19-8-12-22(28-3)13-9-19/h4-15H,16H2,1-3H3,(H,26,27). The molecule has 29 heavy (non-hydrogen) atoms. The van der Waals surface area contributed by atoms with Crippen LogP contribution in [0.25, 0.3) is 0 Å².